The SMILES string of the molecule is CCOc1ccc(C(=O)N2CCN(c3ccc(-c4ccccc4Cl)nn3)CC2)cc1OCC. The number of aromatic nitrogens is 2. The van der Waals surface area contributed by atoms with E-state index in [1.165, 1.54) is 0 Å². The van der Waals surface area contributed by atoms with E-state index < -0.39 is 0 Å². The van der Waals surface area contributed by atoms with Crippen molar-refractivity contribution in [2.24, 2.45) is 0 Å². The lowest BCUT2D eigenvalue weighted by Crippen LogP contribution is -2.49. The van der Waals surface area contributed by atoms with Gasteiger partial charge in [-0.3, -0.25) is 4.79 Å². The van der Waals surface area contributed by atoms with Gasteiger partial charge >= 0.3 is 0 Å². The normalized spacial score (nSPS) is 13.7. The first kappa shape index (κ1) is 22.9. The Hall–Kier alpha value is -3.32. The molecule has 1 saturated heterocycles. The summed E-state index contributed by atoms with van der Waals surface area (Å²) in [6, 6.07) is 16.8. The Kier molecular flexibility index (Phi) is 7.29. The molecule has 1 fully saturated rings. The number of nitrogens with zero attached hydrogens (tertiary/aromatic N) is 4. The molecule has 1 amide bonds. The smallest absolute Gasteiger partial charge is 0.254 e. The number of benzene rings is 2. The van der Waals surface area contributed by atoms with E-state index >= 15 is 0 Å². The van der Waals surface area contributed by atoms with Gasteiger partial charge in [0.15, 0.2) is 17.3 Å². The highest BCUT2D eigenvalue weighted by Gasteiger charge is 2.24. The van der Waals surface area contributed by atoms with Crippen LogP contribution in [0.4, 0.5) is 5.82 Å². The Labute approximate surface area is 198 Å². The minimum Gasteiger partial charge on any atom is -0.490 e. The molecule has 0 N–H and O–H groups in total. The van der Waals surface area contributed by atoms with Crippen molar-refractivity contribution >= 4 is 23.3 Å². The van der Waals surface area contributed by atoms with Crippen molar-refractivity contribution in [3.8, 4) is 22.8 Å². The number of anilines is 1. The monoisotopic (exact) mass is 466 g/mol. The summed E-state index contributed by atoms with van der Waals surface area (Å²) in [6.07, 6.45) is 0. The van der Waals surface area contributed by atoms with Crippen LogP contribution in [-0.4, -0.2) is 60.4 Å². The quantitative estimate of drug-likeness (QED) is 0.508. The van der Waals surface area contributed by atoms with Crippen molar-refractivity contribution in [3.05, 3.63) is 65.2 Å². The largest absolute Gasteiger partial charge is 0.490 e. The van der Waals surface area contributed by atoms with E-state index in [0.29, 0.717) is 61.5 Å². The molecule has 1 aromatic heterocycles. The Morgan fingerprint density at radius 3 is 2.30 bits per heavy atom. The van der Waals surface area contributed by atoms with Gasteiger partial charge in [0.25, 0.3) is 5.91 Å². The molecular weight excluding hydrogens is 440 g/mol. The first-order chi connectivity index (χ1) is 16.1. The van der Waals surface area contributed by atoms with Crippen LogP contribution in [0.1, 0.15) is 24.2 Å². The van der Waals surface area contributed by atoms with Crippen molar-refractivity contribution < 1.29 is 14.3 Å². The maximum Gasteiger partial charge on any atom is 0.254 e. The van der Waals surface area contributed by atoms with E-state index in [4.69, 9.17) is 21.1 Å². The van der Waals surface area contributed by atoms with Crippen molar-refractivity contribution in [3.63, 3.8) is 0 Å². The number of hydrogen-bond acceptors (Lipinski definition) is 6. The molecular formula is C25H27ClN4O3. The lowest BCUT2D eigenvalue weighted by atomic mass is 10.1. The molecule has 2 aromatic carbocycles. The Morgan fingerprint density at radius 2 is 1.64 bits per heavy atom. The van der Waals surface area contributed by atoms with Gasteiger partial charge in [0.1, 0.15) is 0 Å². The number of piperazine rings is 1. The number of halogens is 1. The third-order valence-electron chi connectivity index (χ3n) is 5.48. The third-order valence-corrected chi connectivity index (χ3v) is 5.81. The fourth-order valence-electron chi connectivity index (χ4n) is 3.81. The van der Waals surface area contributed by atoms with E-state index in [1.807, 2.05) is 55.1 Å². The second-order valence-electron chi connectivity index (χ2n) is 7.56. The summed E-state index contributed by atoms with van der Waals surface area (Å²) in [4.78, 5) is 17.1. The Balaban J connectivity index is 1.40. The highest BCUT2D eigenvalue weighted by molar-refractivity contribution is 6.33. The van der Waals surface area contributed by atoms with Crippen LogP contribution in [0, 0.1) is 0 Å². The van der Waals surface area contributed by atoms with Crippen LogP contribution >= 0.6 is 11.6 Å². The number of rotatable bonds is 7. The summed E-state index contributed by atoms with van der Waals surface area (Å²) in [7, 11) is 0. The maximum absolute atomic E-state index is 13.1. The molecule has 8 heteroatoms. The topological polar surface area (TPSA) is 67.8 Å². The fraction of sp³-hybridized carbons (Fsp3) is 0.320. The van der Waals surface area contributed by atoms with E-state index in [9.17, 15) is 4.79 Å². The summed E-state index contributed by atoms with van der Waals surface area (Å²) >= 11 is 6.26. The first-order valence-corrected chi connectivity index (χ1v) is 11.5. The summed E-state index contributed by atoms with van der Waals surface area (Å²) in [5.41, 5.74) is 2.19. The molecule has 1 aliphatic heterocycles. The Bertz CT molecular complexity index is 1100. The zero-order valence-electron chi connectivity index (χ0n) is 18.8. The molecule has 0 radical (unpaired) electrons. The standard InChI is InChI=1S/C25H27ClN4O3/c1-3-32-22-11-9-18(17-23(22)33-4-2)25(31)30-15-13-29(14-16-30)24-12-10-21(27-28-24)19-7-5-6-8-20(19)26/h5-12,17H,3-4,13-16H2,1-2H3. The van der Waals surface area contributed by atoms with Gasteiger partial charge in [-0.2, -0.15) is 0 Å². The van der Waals surface area contributed by atoms with Crippen molar-refractivity contribution in [1.82, 2.24) is 15.1 Å². The van der Waals surface area contributed by atoms with Gasteiger partial charge in [-0.05, 0) is 50.2 Å². The summed E-state index contributed by atoms with van der Waals surface area (Å²) < 4.78 is 11.3. The number of amides is 1. The van der Waals surface area contributed by atoms with Crippen LogP contribution in [0.2, 0.25) is 5.02 Å². The number of hydrogen-bond donors (Lipinski definition) is 0. The van der Waals surface area contributed by atoms with Crippen LogP contribution < -0.4 is 14.4 Å². The zero-order valence-corrected chi connectivity index (χ0v) is 19.6. The molecule has 33 heavy (non-hydrogen) atoms. The molecule has 0 aliphatic carbocycles. The zero-order chi connectivity index (χ0) is 23.2. The average molecular weight is 467 g/mol. The summed E-state index contributed by atoms with van der Waals surface area (Å²) in [5.74, 6) is 2.02. The molecule has 0 unspecified atom stereocenters. The van der Waals surface area contributed by atoms with Crippen LogP contribution in [0.25, 0.3) is 11.3 Å². The van der Waals surface area contributed by atoms with E-state index in [0.717, 1.165) is 17.1 Å². The molecule has 3 aromatic rings. The fourth-order valence-corrected chi connectivity index (χ4v) is 4.04. The van der Waals surface area contributed by atoms with Crippen LogP contribution in [-0.2, 0) is 0 Å². The van der Waals surface area contributed by atoms with Crippen LogP contribution in [0.15, 0.2) is 54.6 Å². The summed E-state index contributed by atoms with van der Waals surface area (Å²) in [6.45, 7) is 7.44. The Morgan fingerprint density at radius 1 is 0.909 bits per heavy atom. The minimum atomic E-state index is -0.0150. The highest BCUT2D eigenvalue weighted by Crippen LogP contribution is 2.30. The molecule has 0 atom stereocenters. The van der Waals surface area contributed by atoms with Crippen molar-refractivity contribution in [2.45, 2.75) is 13.8 Å². The van der Waals surface area contributed by atoms with E-state index in [2.05, 4.69) is 15.1 Å². The minimum absolute atomic E-state index is 0.0150. The molecule has 4 rings (SSSR count). The van der Waals surface area contributed by atoms with Crippen LogP contribution in [0.5, 0.6) is 11.5 Å². The molecule has 7 nitrogen and oxygen atoms in total. The average Bonchev–Trinajstić information content (AvgIpc) is 2.85. The number of carbonyl (C=O) groups is 1. The van der Waals surface area contributed by atoms with Gasteiger partial charge < -0.3 is 19.3 Å². The van der Waals surface area contributed by atoms with Crippen molar-refractivity contribution in [2.75, 3.05) is 44.3 Å². The van der Waals surface area contributed by atoms with E-state index in [-0.39, 0.29) is 5.91 Å². The van der Waals surface area contributed by atoms with E-state index in [1.54, 1.807) is 18.2 Å². The molecule has 1 aliphatic rings. The predicted molar refractivity (Wildman–Crippen MR) is 129 cm³/mol. The summed E-state index contributed by atoms with van der Waals surface area (Å²) in [5, 5.41) is 9.39. The van der Waals surface area contributed by atoms with Crippen molar-refractivity contribution in [1.29, 1.82) is 0 Å². The van der Waals surface area contributed by atoms with Gasteiger partial charge in [0, 0.05) is 37.3 Å². The molecule has 172 valence electrons. The van der Waals surface area contributed by atoms with Gasteiger partial charge in [0.05, 0.1) is 23.9 Å². The van der Waals surface area contributed by atoms with Crippen LogP contribution in [0.3, 0.4) is 0 Å². The second-order valence-corrected chi connectivity index (χ2v) is 7.97. The molecule has 0 bridgehead atoms. The van der Waals surface area contributed by atoms with Gasteiger partial charge in [-0.15, -0.1) is 10.2 Å². The first-order valence-electron chi connectivity index (χ1n) is 11.1. The number of ether oxygens (including phenoxy) is 2. The van der Waals surface area contributed by atoms with Gasteiger partial charge in [-0.1, -0.05) is 29.8 Å². The third kappa shape index (κ3) is 5.20. The second kappa shape index (κ2) is 10.5. The predicted octanol–water partition coefficient (Wildman–Crippen LogP) is 4.56. The highest BCUT2D eigenvalue weighted by atomic mass is 35.5. The van der Waals surface area contributed by atoms with Gasteiger partial charge in [-0.25, -0.2) is 0 Å². The molecule has 0 spiro atoms. The molecule has 0 saturated carbocycles. The number of carbonyl (C=O) groups excluding carboxylic acids is 1. The molecule has 2 heterocycles. The maximum atomic E-state index is 13.1. The van der Waals surface area contributed by atoms with Gasteiger partial charge in [0.2, 0.25) is 0 Å². The lowest BCUT2D eigenvalue weighted by molar-refractivity contribution is 0.0746. The lowest BCUT2D eigenvalue weighted by Gasteiger charge is -2.35.